The van der Waals surface area contributed by atoms with Crippen LogP contribution in [0.4, 0.5) is 0 Å². The number of carboxylic acid groups (broad SMARTS) is 1. The smallest absolute Gasteiger partial charge is 0.328 e. The molecule has 0 aliphatic carbocycles. The lowest BCUT2D eigenvalue weighted by atomic mass is 9.97. The van der Waals surface area contributed by atoms with Crippen molar-refractivity contribution >= 4 is 53.2 Å². The van der Waals surface area contributed by atoms with Gasteiger partial charge in [-0.15, -0.1) is 0 Å². The molecular weight excluding hydrogens is 752 g/mol. The van der Waals surface area contributed by atoms with Crippen molar-refractivity contribution in [2.75, 3.05) is 26.3 Å². The lowest BCUT2D eigenvalue weighted by molar-refractivity contribution is -0.143. The van der Waals surface area contributed by atoms with Crippen molar-refractivity contribution < 1.29 is 58.5 Å². The van der Waals surface area contributed by atoms with Gasteiger partial charge in [-0.05, 0) is 72.3 Å². The molecule has 0 aromatic heterocycles. The predicted molar refractivity (Wildman–Crippen MR) is 203 cm³/mol. The van der Waals surface area contributed by atoms with Crippen LogP contribution in [0.5, 0.6) is 0 Å². The van der Waals surface area contributed by atoms with Gasteiger partial charge in [0, 0.05) is 6.54 Å². The minimum atomic E-state index is -1.61. The Hall–Kier alpha value is -4.93. The highest BCUT2D eigenvalue weighted by atomic mass is 16.4. The molecule has 1 fully saturated rings. The van der Waals surface area contributed by atoms with Crippen molar-refractivity contribution in [3.8, 4) is 0 Å². The lowest BCUT2D eigenvalue weighted by Crippen LogP contribution is -2.61. The van der Waals surface area contributed by atoms with E-state index in [4.69, 9.17) is 16.6 Å². The SMILES string of the molecule is CC[C@H](C)[C@H](NC(=O)[C@H](CO)NC(=O)[C@H](C)NC(=O)[C@H](C)NC(=O)[C@@H]1CCCN1C(=O)[C@H](C)N)C(=O)N[C@@H](CCCCN)C(=O)N[C@@H](C)C(=O)N[C@@H](CO)C(=O)O. The number of aliphatic hydroxyl groups is 2. The van der Waals surface area contributed by atoms with Gasteiger partial charge in [0.15, 0.2) is 0 Å². The van der Waals surface area contributed by atoms with Crippen molar-refractivity contribution in [3.05, 3.63) is 0 Å². The van der Waals surface area contributed by atoms with Crippen LogP contribution in [0.15, 0.2) is 0 Å². The van der Waals surface area contributed by atoms with Crippen LogP contribution < -0.4 is 48.7 Å². The van der Waals surface area contributed by atoms with Crippen LogP contribution in [0, 0.1) is 5.92 Å². The highest BCUT2D eigenvalue weighted by molar-refractivity contribution is 5.98. The summed E-state index contributed by atoms with van der Waals surface area (Å²) in [4.78, 5) is 116. The van der Waals surface area contributed by atoms with Gasteiger partial charge in [0.05, 0.1) is 19.3 Å². The average Bonchev–Trinajstić information content (AvgIpc) is 3.66. The molecule has 8 amide bonds. The Balaban J connectivity index is 2.96. The molecule has 0 saturated carbocycles. The van der Waals surface area contributed by atoms with Gasteiger partial charge in [0.1, 0.15) is 48.3 Å². The number of likely N-dealkylation sites (tertiary alicyclic amines) is 1. The van der Waals surface area contributed by atoms with Crippen LogP contribution in [0.25, 0.3) is 0 Å². The van der Waals surface area contributed by atoms with E-state index in [1.807, 2.05) is 0 Å². The number of amides is 8. The first kappa shape index (κ1) is 50.1. The highest BCUT2D eigenvalue weighted by Gasteiger charge is 2.37. The van der Waals surface area contributed by atoms with E-state index in [-0.39, 0.29) is 13.0 Å². The van der Waals surface area contributed by atoms with E-state index in [2.05, 4.69) is 37.2 Å². The maximum absolute atomic E-state index is 13.6. The van der Waals surface area contributed by atoms with Gasteiger partial charge in [0.2, 0.25) is 47.3 Å². The van der Waals surface area contributed by atoms with E-state index < -0.39 is 127 Å². The zero-order valence-corrected chi connectivity index (χ0v) is 33.5. The fourth-order valence-electron chi connectivity index (χ4n) is 5.68. The molecule has 1 aliphatic rings. The van der Waals surface area contributed by atoms with Crippen molar-refractivity contribution in [2.45, 2.75) is 134 Å². The summed E-state index contributed by atoms with van der Waals surface area (Å²) in [5.74, 6) is -8.06. The molecule has 0 bridgehead atoms. The number of carbonyl (C=O) groups is 9. The van der Waals surface area contributed by atoms with Crippen molar-refractivity contribution in [1.29, 1.82) is 0 Å². The minimum absolute atomic E-state index is 0.0756. The Bertz CT molecular complexity index is 1430. The van der Waals surface area contributed by atoms with Gasteiger partial charge in [-0.3, -0.25) is 38.4 Å². The average molecular weight is 815 g/mol. The minimum Gasteiger partial charge on any atom is -0.480 e. The quantitative estimate of drug-likeness (QED) is 0.0406. The van der Waals surface area contributed by atoms with Gasteiger partial charge in [-0.2, -0.15) is 0 Å². The molecule has 324 valence electrons. The molecule has 14 N–H and O–H groups in total. The standard InChI is InChI=1S/C35H62N10O12/c1-7-17(2)26(33(54)41-22(11-8-9-13-36)30(51)39-21(6)29(50)43-24(16-47)35(56)57)44-31(52)23(15-46)42-28(49)20(5)38-27(48)19(4)40-32(53)25-12-10-14-45(25)34(55)18(3)37/h17-26,46-47H,7-16,36-37H2,1-6H3,(H,38,48)(H,39,51)(H,40,53)(H,41,54)(H,42,49)(H,43,50)(H,44,52)(H,56,57)/t17-,18-,19-,20-,21-,22-,23-,24-,25-,26-/m0/s1. The largest absolute Gasteiger partial charge is 0.480 e. The first-order chi connectivity index (χ1) is 26.7. The Morgan fingerprint density at radius 2 is 1.16 bits per heavy atom. The number of carbonyl (C=O) groups excluding carboxylic acids is 8. The second kappa shape index (κ2) is 24.6. The van der Waals surface area contributed by atoms with Gasteiger partial charge < -0.3 is 68.9 Å². The molecule has 10 atom stereocenters. The fraction of sp³-hybridized carbons (Fsp3) is 0.743. The third-order valence-corrected chi connectivity index (χ3v) is 9.47. The van der Waals surface area contributed by atoms with Gasteiger partial charge in [-0.1, -0.05) is 20.3 Å². The third-order valence-electron chi connectivity index (χ3n) is 9.47. The fourth-order valence-corrected chi connectivity index (χ4v) is 5.68. The number of hydrogen-bond acceptors (Lipinski definition) is 13. The van der Waals surface area contributed by atoms with Crippen molar-refractivity contribution in [1.82, 2.24) is 42.1 Å². The number of unbranched alkanes of at least 4 members (excludes halogenated alkanes) is 1. The number of carboxylic acids is 1. The number of nitrogens with zero attached hydrogens (tertiary/aromatic N) is 1. The van der Waals surface area contributed by atoms with Crippen LogP contribution >= 0.6 is 0 Å². The molecule has 0 aromatic carbocycles. The Morgan fingerprint density at radius 3 is 1.67 bits per heavy atom. The topological polar surface area (TPSA) is 354 Å². The Morgan fingerprint density at radius 1 is 0.667 bits per heavy atom. The third kappa shape index (κ3) is 15.9. The second-order valence-corrected chi connectivity index (χ2v) is 14.2. The molecule has 1 saturated heterocycles. The molecule has 1 aliphatic heterocycles. The number of rotatable bonds is 24. The zero-order chi connectivity index (χ0) is 43.6. The summed E-state index contributed by atoms with van der Waals surface area (Å²) in [7, 11) is 0. The van der Waals surface area contributed by atoms with Crippen LogP contribution in [-0.4, -0.2) is 154 Å². The molecular formula is C35H62N10O12. The number of nitrogens with two attached hydrogens (primary N) is 2. The molecule has 0 unspecified atom stereocenters. The summed E-state index contributed by atoms with van der Waals surface area (Å²) in [5, 5.41) is 45.2. The molecule has 1 heterocycles. The second-order valence-electron chi connectivity index (χ2n) is 14.2. The normalized spacial score (nSPS) is 18.5. The summed E-state index contributed by atoms with van der Waals surface area (Å²) in [6, 6.07) is -11.0. The Labute approximate surface area is 331 Å². The number of nitrogens with one attached hydrogen (secondary N) is 7. The summed E-state index contributed by atoms with van der Waals surface area (Å²) >= 11 is 0. The van der Waals surface area contributed by atoms with E-state index in [9.17, 15) is 53.4 Å². The summed E-state index contributed by atoms with van der Waals surface area (Å²) in [6.45, 7) is 7.70. The maximum atomic E-state index is 13.6. The molecule has 22 heteroatoms. The van der Waals surface area contributed by atoms with Crippen LogP contribution in [-0.2, 0) is 43.2 Å². The monoisotopic (exact) mass is 814 g/mol. The van der Waals surface area contributed by atoms with E-state index >= 15 is 0 Å². The lowest BCUT2D eigenvalue weighted by Gasteiger charge is -2.29. The van der Waals surface area contributed by atoms with Gasteiger partial charge >= 0.3 is 5.97 Å². The van der Waals surface area contributed by atoms with Crippen molar-refractivity contribution in [3.63, 3.8) is 0 Å². The van der Waals surface area contributed by atoms with E-state index in [0.29, 0.717) is 38.6 Å². The summed E-state index contributed by atoms with van der Waals surface area (Å²) < 4.78 is 0. The maximum Gasteiger partial charge on any atom is 0.328 e. The molecule has 0 aromatic rings. The van der Waals surface area contributed by atoms with Crippen LogP contribution in [0.3, 0.4) is 0 Å². The summed E-state index contributed by atoms with van der Waals surface area (Å²) in [5.41, 5.74) is 11.3. The molecule has 22 nitrogen and oxygen atoms in total. The van der Waals surface area contributed by atoms with Gasteiger partial charge in [0.25, 0.3) is 0 Å². The molecule has 1 rings (SSSR count). The number of aliphatic carboxylic acids is 1. The predicted octanol–water partition coefficient (Wildman–Crippen LogP) is -4.98. The first-order valence-corrected chi connectivity index (χ1v) is 19.1. The Kier molecular flexibility index (Phi) is 21.7. The summed E-state index contributed by atoms with van der Waals surface area (Å²) in [6.07, 6.45) is 2.27. The molecule has 0 radical (unpaired) electrons. The number of aliphatic hydroxyl groups excluding tert-OH is 2. The van der Waals surface area contributed by atoms with Crippen LogP contribution in [0.2, 0.25) is 0 Å². The van der Waals surface area contributed by atoms with Crippen LogP contribution in [0.1, 0.15) is 80.1 Å². The number of hydrogen-bond donors (Lipinski definition) is 12. The molecule has 0 spiro atoms. The zero-order valence-electron chi connectivity index (χ0n) is 33.5. The van der Waals surface area contributed by atoms with E-state index in [1.165, 1.54) is 32.6 Å². The van der Waals surface area contributed by atoms with Gasteiger partial charge in [-0.25, -0.2) is 4.79 Å². The molecule has 57 heavy (non-hydrogen) atoms. The van der Waals surface area contributed by atoms with Crippen molar-refractivity contribution in [2.24, 2.45) is 17.4 Å². The first-order valence-electron chi connectivity index (χ1n) is 19.1. The van der Waals surface area contributed by atoms with E-state index in [0.717, 1.165) is 0 Å². The van der Waals surface area contributed by atoms with E-state index in [1.54, 1.807) is 13.8 Å². The highest BCUT2D eigenvalue weighted by Crippen LogP contribution is 2.18.